The molecule has 0 aliphatic rings. The quantitative estimate of drug-likeness (QED) is 0.0685. The van der Waals surface area contributed by atoms with Crippen molar-refractivity contribution in [3.05, 3.63) is 0 Å². The van der Waals surface area contributed by atoms with Crippen molar-refractivity contribution in [3.8, 4) is 0 Å². The van der Waals surface area contributed by atoms with Crippen molar-refractivity contribution in [2.45, 2.75) is 87.3 Å². The monoisotopic (exact) mass is 710 g/mol. The zero-order chi connectivity index (χ0) is 35.0. The molecule has 12 N–H and O–H groups in total. The van der Waals surface area contributed by atoms with Gasteiger partial charge in [0.15, 0.2) is 21.6 Å². The van der Waals surface area contributed by atoms with E-state index in [1.165, 1.54) is 0 Å². The lowest BCUT2D eigenvalue weighted by molar-refractivity contribution is -0.144. The van der Waals surface area contributed by atoms with Crippen LogP contribution in [0.25, 0.3) is 0 Å². The van der Waals surface area contributed by atoms with Crippen molar-refractivity contribution in [3.63, 3.8) is 0 Å². The number of unbranched alkanes of at least 4 members (excludes halogenated alkanes) is 3. The molecule has 4 atom stereocenters. The Hall–Kier alpha value is -1.52. The van der Waals surface area contributed by atoms with Gasteiger partial charge in [0.25, 0.3) is 0 Å². The first-order chi connectivity index (χ1) is 19.0. The van der Waals surface area contributed by atoms with Crippen LogP contribution in [-0.4, -0.2) is 105 Å². The van der Waals surface area contributed by atoms with Crippen LogP contribution in [0.3, 0.4) is 0 Å². The molecule has 0 aromatic carbocycles. The van der Waals surface area contributed by atoms with Gasteiger partial charge in [-0.05, 0) is 18.8 Å². The van der Waals surface area contributed by atoms with Crippen molar-refractivity contribution >= 4 is 54.3 Å². The van der Waals surface area contributed by atoms with E-state index in [2.05, 4.69) is 0 Å². The molecule has 254 valence electrons. The Morgan fingerprint density at radius 2 is 1.00 bits per heavy atom. The molecule has 0 aliphatic heterocycles. The van der Waals surface area contributed by atoms with Gasteiger partial charge in [-0.1, -0.05) is 46.5 Å². The van der Waals surface area contributed by atoms with Crippen molar-refractivity contribution < 1.29 is 97.0 Å². The maximum Gasteiger partial charge on any atom is 0.343 e. The number of hydrogen-bond donors (Lipinski definition) is 12. The summed E-state index contributed by atoms with van der Waals surface area (Å²) in [5, 5.41) is 30.3. The van der Waals surface area contributed by atoms with Crippen LogP contribution >= 0.6 is 30.4 Å². The molecule has 0 spiro atoms. The smallest absolute Gasteiger partial charge is 0.343 e. The molecule has 0 amide bonds. The van der Waals surface area contributed by atoms with Gasteiger partial charge in [-0.2, -0.15) is 0 Å². The molecule has 0 bridgehead atoms. The highest BCUT2D eigenvalue weighted by atomic mass is 31.2. The van der Waals surface area contributed by atoms with Gasteiger partial charge >= 0.3 is 54.3 Å². The van der Waals surface area contributed by atoms with Gasteiger partial charge in [0.05, 0.1) is 0 Å². The van der Waals surface area contributed by atoms with Crippen LogP contribution in [0.4, 0.5) is 0 Å². The Bertz CT molecular complexity index is 1190. The van der Waals surface area contributed by atoms with E-state index in [0.29, 0.717) is 12.8 Å². The molecule has 0 heterocycles. The Labute approximate surface area is 244 Å². The first kappa shape index (κ1) is 43.6. The van der Waals surface area contributed by atoms with Crippen molar-refractivity contribution in [1.29, 1.82) is 0 Å². The van der Waals surface area contributed by atoms with Gasteiger partial charge in [0, 0.05) is 6.42 Å². The van der Waals surface area contributed by atoms with Gasteiger partial charge in [0.2, 0.25) is 0 Å². The fourth-order valence-electron chi connectivity index (χ4n) is 3.99. The molecule has 20 nitrogen and oxygen atoms in total. The fourth-order valence-corrected chi connectivity index (χ4v) is 8.39. The lowest BCUT2D eigenvalue weighted by Crippen LogP contribution is -2.47. The molecule has 0 aromatic heterocycles. The fraction of sp³-hybridized carbons (Fsp3) is 0.789. The van der Waals surface area contributed by atoms with Crippen LogP contribution in [0.1, 0.15) is 65.7 Å². The molecule has 0 rings (SSSR count). The molecule has 0 aromatic rings. The van der Waals surface area contributed by atoms with E-state index in [9.17, 15) is 62.1 Å². The second-order valence-corrected chi connectivity index (χ2v) is 17.3. The van der Waals surface area contributed by atoms with Gasteiger partial charge in [0.1, 0.15) is 0 Å². The van der Waals surface area contributed by atoms with Gasteiger partial charge in [-0.15, -0.1) is 0 Å². The maximum absolute atomic E-state index is 11.7. The lowest BCUT2D eigenvalue weighted by Gasteiger charge is -2.35. The van der Waals surface area contributed by atoms with Crippen LogP contribution < -0.4 is 0 Å². The van der Waals surface area contributed by atoms with E-state index >= 15 is 0 Å². The van der Waals surface area contributed by atoms with Gasteiger partial charge in [-0.25, -0.2) is 0 Å². The number of rotatable bonds is 18. The molecule has 0 saturated carbocycles. The first-order valence-corrected chi connectivity index (χ1v) is 18.7. The number of carboxylic acids is 4. The predicted octanol–water partition coefficient (Wildman–Crippen LogP) is 0.643. The number of hydrogen-bond acceptors (Lipinski definition) is 8. The standard InChI is InChI=1S/C11H22O10P2.C8H16O10P2/c1-2-3-4-5-6-11(10(14)15,23(19,20)21)7-8(9(12)13)22(16,17)18;1-4(2)8(7(11)12,20(16,17)18)3-5(6(9)10)19(13,14)15/h8H,2-7H2,1H3,(H,12,13)(H,14,15)(H2,16,17,18)(H2,19,20,21);4-5H,3H2,1-2H3,(H,9,10)(H,11,12)(H2,13,14,15)(H2,16,17,18). The van der Waals surface area contributed by atoms with Crippen LogP contribution in [-0.2, 0) is 37.4 Å². The third-order valence-corrected chi connectivity index (χ3v) is 12.7. The van der Waals surface area contributed by atoms with Crippen molar-refractivity contribution in [2.24, 2.45) is 5.92 Å². The molecule has 0 saturated heterocycles. The van der Waals surface area contributed by atoms with Crippen molar-refractivity contribution in [2.75, 3.05) is 0 Å². The molecular formula is C19H38O20P4. The molecule has 0 radical (unpaired) electrons. The summed E-state index contributed by atoms with van der Waals surface area (Å²) in [5.41, 5.74) is -5.02. The molecule has 24 heteroatoms. The zero-order valence-electron chi connectivity index (χ0n) is 23.1. The highest BCUT2D eigenvalue weighted by molar-refractivity contribution is 7.56. The van der Waals surface area contributed by atoms with Crippen LogP contribution in [0.5, 0.6) is 0 Å². The van der Waals surface area contributed by atoms with E-state index in [-0.39, 0.29) is 6.42 Å². The molecule has 43 heavy (non-hydrogen) atoms. The topological polar surface area (TPSA) is 379 Å². The number of carbonyl (C=O) groups is 4. The average Bonchev–Trinajstić information content (AvgIpc) is 2.74. The summed E-state index contributed by atoms with van der Waals surface area (Å²) in [6.45, 7) is 4.10. The Balaban J connectivity index is 0. The minimum Gasteiger partial charge on any atom is -0.481 e. The third-order valence-electron chi connectivity index (χ3n) is 6.66. The second-order valence-electron chi connectivity index (χ2n) is 9.91. The first-order valence-electron chi connectivity index (χ1n) is 12.1. The zero-order valence-corrected chi connectivity index (χ0v) is 26.7. The SMILES string of the molecule is CC(C)C(CC(C(=O)O)P(=O)(O)O)(C(=O)O)P(=O)(O)O.CCCCCCC(CC(C(=O)O)P(=O)(O)O)(C(=O)O)P(=O)(O)O. The highest BCUT2D eigenvalue weighted by Crippen LogP contribution is 2.61. The van der Waals surface area contributed by atoms with Crippen molar-refractivity contribution in [1.82, 2.24) is 0 Å². The Morgan fingerprint density at radius 1 is 0.605 bits per heavy atom. The molecule has 0 aliphatic carbocycles. The lowest BCUT2D eigenvalue weighted by atomic mass is 9.89. The molecular weight excluding hydrogens is 672 g/mol. The van der Waals surface area contributed by atoms with Crippen LogP contribution in [0.15, 0.2) is 0 Å². The minimum absolute atomic E-state index is 0.0821. The summed E-state index contributed by atoms with van der Waals surface area (Å²) in [6.07, 6.45) is -1.32. The van der Waals surface area contributed by atoms with Gasteiger partial charge < -0.3 is 59.6 Å². The van der Waals surface area contributed by atoms with E-state index in [1.54, 1.807) is 0 Å². The van der Waals surface area contributed by atoms with Gasteiger partial charge in [-0.3, -0.25) is 37.4 Å². The number of carboxylic acid groups (broad SMARTS) is 4. The second kappa shape index (κ2) is 16.2. The molecule has 0 fully saturated rings. The van der Waals surface area contributed by atoms with Crippen LogP contribution in [0.2, 0.25) is 0 Å². The molecule has 4 unspecified atom stereocenters. The summed E-state index contributed by atoms with van der Waals surface area (Å²) in [7, 11) is -21.3. The average molecular weight is 710 g/mol. The Kier molecular flexibility index (Phi) is 16.4. The van der Waals surface area contributed by atoms with Crippen LogP contribution in [0, 0.1) is 5.92 Å². The third kappa shape index (κ3) is 11.7. The van der Waals surface area contributed by atoms with E-state index < -0.39 is 101 Å². The maximum atomic E-state index is 11.7. The minimum atomic E-state index is -5.39. The number of aliphatic carboxylic acids is 4. The normalized spacial score (nSPS) is 17.0. The van der Waals surface area contributed by atoms with E-state index in [1.807, 2.05) is 6.92 Å². The highest BCUT2D eigenvalue weighted by Gasteiger charge is 2.60. The summed E-state index contributed by atoms with van der Waals surface area (Å²) in [5.74, 6) is -9.28. The largest absolute Gasteiger partial charge is 0.481 e. The van der Waals surface area contributed by atoms with E-state index in [0.717, 1.165) is 20.3 Å². The van der Waals surface area contributed by atoms with E-state index in [4.69, 9.17) is 34.9 Å². The summed E-state index contributed by atoms with van der Waals surface area (Å²) < 4.78 is 45.5. The summed E-state index contributed by atoms with van der Waals surface area (Å²) >= 11 is 0. The summed E-state index contributed by atoms with van der Waals surface area (Å²) in [4.78, 5) is 118. The summed E-state index contributed by atoms with van der Waals surface area (Å²) in [6, 6.07) is 0. The predicted molar refractivity (Wildman–Crippen MR) is 145 cm³/mol. The Morgan fingerprint density at radius 3 is 1.23 bits per heavy atom.